The maximum absolute atomic E-state index is 13.5. The van der Waals surface area contributed by atoms with Gasteiger partial charge in [0.25, 0.3) is 0 Å². The molecular formula is C16H22FNO2. The maximum Gasteiger partial charge on any atom is 0.220 e. The minimum atomic E-state index is -0.233. The molecule has 4 heteroatoms. The molecule has 0 unspecified atom stereocenters. The van der Waals surface area contributed by atoms with Gasteiger partial charge in [0.15, 0.2) is 0 Å². The zero-order valence-corrected chi connectivity index (χ0v) is 12.1. The van der Waals surface area contributed by atoms with Gasteiger partial charge in [-0.1, -0.05) is 12.1 Å². The first-order valence-electron chi connectivity index (χ1n) is 7.23. The molecule has 1 aliphatic heterocycles. The summed E-state index contributed by atoms with van der Waals surface area (Å²) in [5.41, 5.74) is 1.41. The van der Waals surface area contributed by atoms with Crippen molar-refractivity contribution < 1.29 is 13.9 Å². The van der Waals surface area contributed by atoms with Crippen LogP contribution in [0, 0.1) is 12.7 Å². The van der Waals surface area contributed by atoms with E-state index in [9.17, 15) is 9.18 Å². The minimum Gasteiger partial charge on any atom is -0.378 e. The van der Waals surface area contributed by atoms with Gasteiger partial charge in [-0.25, -0.2) is 4.39 Å². The normalized spacial score (nSPS) is 19.9. The van der Waals surface area contributed by atoms with Crippen molar-refractivity contribution in [3.8, 4) is 0 Å². The molecule has 110 valence electrons. The Hall–Kier alpha value is -1.42. The van der Waals surface area contributed by atoms with Crippen LogP contribution in [0.25, 0.3) is 0 Å². The number of carbonyl (C=O) groups is 1. The van der Waals surface area contributed by atoms with Gasteiger partial charge in [-0.15, -0.1) is 0 Å². The molecule has 1 amide bonds. The summed E-state index contributed by atoms with van der Waals surface area (Å²) < 4.78 is 19.0. The second-order valence-electron chi connectivity index (χ2n) is 5.47. The lowest BCUT2D eigenvalue weighted by Gasteiger charge is -2.16. The predicted molar refractivity (Wildman–Crippen MR) is 75.9 cm³/mol. The van der Waals surface area contributed by atoms with E-state index in [0.29, 0.717) is 12.0 Å². The minimum absolute atomic E-state index is 0.00557. The van der Waals surface area contributed by atoms with E-state index >= 15 is 0 Å². The Morgan fingerprint density at radius 3 is 3.00 bits per heavy atom. The molecule has 2 atom stereocenters. The number of amides is 1. The van der Waals surface area contributed by atoms with Gasteiger partial charge in [0.1, 0.15) is 5.82 Å². The highest BCUT2D eigenvalue weighted by Gasteiger charge is 2.17. The number of aryl methyl sites for hydroxylation is 1. The van der Waals surface area contributed by atoms with Crippen molar-refractivity contribution in [1.29, 1.82) is 0 Å². The van der Waals surface area contributed by atoms with Gasteiger partial charge >= 0.3 is 0 Å². The Morgan fingerprint density at radius 2 is 2.35 bits per heavy atom. The number of hydrogen-bond acceptors (Lipinski definition) is 2. The quantitative estimate of drug-likeness (QED) is 0.898. The van der Waals surface area contributed by atoms with E-state index in [0.717, 1.165) is 31.4 Å². The fourth-order valence-corrected chi connectivity index (χ4v) is 2.44. The van der Waals surface area contributed by atoms with Gasteiger partial charge in [-0.05, 0) is 50.3 Å². The summed E-state index contributed by atoms with van der Waals surface area (Å²) in [7, 11) is 0. The molecule has 1 heterocycles. The largest absolute Gasteiger partial charge is 0.378 e. The van der Waals surface area contributed by atoms with Crippen molar-refractivity contribution in [2.75, 3.05) is 6.61 Å². The van der Waals surface area contributed by atoms with Crippen LogP contribution in [0.2, 0.25) is 0 Å². The molecule has 0 aliphatic carbocycles. The summed E-state index contributed by atoms with van der Waals surface area (Å²) in [6.07, 6.45) is 3.59. The summed E-state index contributed by atoms with van der Waals surface area (Å²) in [5.74, 6) is -0.239. The lowest BCUT2D eigenvalue weighted by Crippen LogP contribution is -2.27. The van der Waals surface area contributed by atoms with Crippen LogP contribution in [0.15, 0.2) is 18.2 Å². The SMILES string of the molecule is Cc1ccc([C@H](C)NC(=O)CC[C@H]2CCCO2)cc1F. The van der Waals surface area contributed by atoms with Crippen molar-refractivity contribution in [3.63, 3.8) is 0 Å². The van der Waals surface area contributed by atoms with Gasteiger partial charge in [0.05, 0.1) is 12.1 Å². The molecule has 0 bridgehead atoms. The molecule has 1 aliphatic rings. The van der Waals surface area contributed by atoms with E-state index in [-0.39, 0.29) is 23.9 Å². The second kappa shape index (κ2) is 6.84. The van der Waals surface area contributed by atoms with Crippen molar-refractivity contribution in [2.24, 2.45) is 0 Å². The predicted octanol–water partition coefficient (Wildman–Crippen LogP) is 3.27. The molecule has 3 nitrogen and oxygen atoms in total. The Morgan fingerprint density at radius 1 is 1.55 bits per heavy atom. The molecule has 2 rings (SSSR count). The van der Waals surface area contributed by atoms with E-state index in [4.69, 9.17) is 4.74 Å². The summed E-state index contributed by atoms with van der Waals surface area (Å²) in [5, 5.41) is 2.91. The molecule has 0 radical (unpaired) electrons. The lowest BCUT2D eigenvalue weighted by molar-refractivity contribution is -0.122. The summed E-state index contributed by atoms with van der Waals surface area (Å²) in [6, 6.07) is 4.89. The average molecular weight is 279 g/mol. The van der Waals surface area contributed by atoms with Crippen LogP contribution in [0.4, 0.5) is 4.39 Å². The number of nitrogens with one attached hydrogen (secondary N) is 1. The van der Waals surface area contributed by atoms with E-state index in [2.05, 4.69) is 5.32 Å². The van der Waals surface area contributed by atoms with Crippen molar-refractivity contribution in [3.05, 3.63) is 35.1 Å². The van der Waals surface area contributed by atoms with Gasteiger partial charge in [0.2, 0.25) is 5.91 Å². The number of hydrogen-bond donors (Lipinski definition) is 1. The smallest absolute Gasteiger partial charge is 0.220 e. The Balaban J connectivity index is 1.81. The first-order valence-corrected chi connectivity index (χ1v) is 7.23. The van der Waals surface area contributed by atoms with Crippen LogP contribution in [0.1, 0.15) is 49.8 Å². The first kappa shape index (κ1) is 15.0. The van der Waals surface area contributed by atoms with Crippen LogP contribution in [-0.4, -0.2) is 18.6 Å². The molecule has 0 saturated carbocycles. The van der Waals surface area contributed by atoms with Gasteiger partial charge in [0, 0.05) is 13.0 Å². The first-order chi connectivity index (χ1) is 9.56. The molecule has 0 aromatic heterocycles. The third kappa shape index (κ3) is 4.04. The molecule has 1 aromatic rings. The number of rotatable bonds is 5. The standard InChI is InChI=1S/C16H22FNO2/c1-11-5-6-13(10-15(11)17)12(2)18-16(19)8-7-14-4-3-9-20-14/h5-6,10,12,14H,3-4,7-9H2,1-2H3,(H,18,19)/t12-,14+/m0/s1. The number of carbonyl (C=O) groups excluding carboxylic acids is 1. The molecule has 1 aromatic carbocycles. The Kier molecular flexibility index (Phi) is 5.12. The van der Waals surface area contributed by atoms with E-state index in [1.54, 1.807) is 13.0 Å². The van der Waals surface area contributed by atoms with E-state index < -0.39 is 0 Å². The number of halogens is 1. The van der Waals surface area contributed by atoms with Crippen LogP contribution >= 0.6 is 0 Å². The Bertz CT molecular complexity index is 470. The van der Waals surface area contributed by atoms with Crippen LogP contribution in [-0.2, 0) is 9.53 Å². The summed E-state index contributed by atoms with van der Waals surface area (Å²) in [4.78, 5) is 11.9. The summed E-state index contributed by atoms with van der Waals surface area (Å²) in [6.45, 7) is 4.41. The topological polar surface area (TPSA) is 38.3 Å². The third-order valence-corrected chi connectivity index (χ3v) is 3.79. The van der Waals surface area contributed by atoms with Crippen molar-refractivity contribution in [1.82, 2.24) is 5.32 Å². The van der Waals surface area contributed by atoms with Crippen LogP contribution in [0.3, 0.4) is 0 Å². The highest BCUT2D eigenvalue weighted by molar-refractivity contribution is 5.76. The van der Waals surface area contributed by atoms with Crippen LogP contribution < -0.4 is 5.32 Å². The maximum atomic E-state index is 13.5. The molecule has 1 saturated heterocycles. The number of ether oxygens (including phenoxy) is 1. The molecule has 20 heavy (non-hydrogen) atoms. The molecular weight excluding hydrogens is 257 g/mol. The molecule has 1 N–H and O–H groups in total. The van der Waals surface area contributed by atoms with Crippen molar-refractivity contribution >= 4 is 5.91 Å². The monoisotopic (exact) mass is 279 g/mol. The Labute approximate surface area is 119 Å². The zero-order valence-electron chi connectivity index (χ0n) is 12.1. The fourth-order valence-electron chi connectivity index (χ4n) is 2.44. The molecule has 1 fully saturated rings. The zero-order chi connectivity index (χ0) is 14.5. The fraction of sp³-hybridized carbons (Fsp3) is 0.562. The van der Waals surface area contributed by atoms with E-state index in [1.807, 2.05) is 13.0 Å². The highest BCUT2D eigenvalue weighted by Crippen LogP contribution is 2.18. The van der Waals surface area contributed by atoms with Gasteiger partial charge < -0.3 is 10.1 Å². The highest BCUT2D eigenvalue weighted by atomic mass is 19.1. The van der Waals surface area contributed by atoms with Gasteiger partial charge in [-0.2, -0.15) is 0 Å². The lowest BCUT2D eigenvalue weighted by atomic mass is 10.1. The van der Waals surface area contributed by atoms with E-state index in [1.165, 1.54) is 6.07 Å². The molecule has 0 spiro atoms. The van der Waals surface area contributed by atoms with Crippen molar-refractivity contribution in [2.45, 2.75) is 51.7 Å². The second-order valence-corrected chi connectivity index (χ2v) is 5.47. The average Bonchev–Trinajstić information content (AvgIpc) is 2.92. The van der Waals surface area contributed by atoms with Crippen LogP contribution in [0.5, 0.6) is 0 Å². The third-order valence-electron chi connectivity index (χ3n) is 3.79. The van der Waals surface area contributed by atoms with Gasteiger partial charge in [-0.3, -0.25) is 4.79 Å². The summed E-state index contributed by atoms with van der Waals surface area (Å²) >= 11 is 0. The number of benzene rings is 1.